The highest BCUT2D eigenvalue weighted by atomic mass is 32.2. The van der Waals surface area contributed by atoms with Crippen molar-refractivity contribution in [3.63, 3.8) is 0 Å². The molecule has 7 nitrogen and oxygen atoms in total. The van der Waals surface area contributed by atoms with Gasteiger partial charge >= 0.3 is 12.1 Å². The first-order valence-corrected chi connectivity index (χ1v) is 12.3. The summed E-state index contributed by atoms with van der Waals surface area (Å²) in [5.74, 6) is -1.43. The molecule has 2 heterocycles. The number of halogens is 3. The molecule has 2 aromatic rings. The Kier molecular flexibility index (Phi) is 6.43. The van der Waals surface area contributed by atoms with Crippen molar-refractivity contribution < 1.29 is 31.5 Å². The first kappa shape index (κ1) is 24.2. The first-order valence-electron chi connectivity index (χ1n) is 10.7. The summed E-state index contributed by atoms with van der Waals surface area (Å²) in [7, 11) is -3.90. The fourth-order valence-corrected chi connectivity index (χ4v) is 6.58. The molecule has 1 N–H and O–H groups in total. The van der Waals surface area contributed by atoms with Gasteiger partial charge in [0, 0.05) is 32.4 Å². The van der Waals surface area contributed by atoms with Gasteiger partial charge in [-0.25, -0.2) is 13.4 Å². The van der Waals surface area contributed by atoms with Crippen LogP contribution in [-0.4, -0.2) is 60.9 Å². The monoisotopic (exact) mass is 495 g/mol. The molecule has 1 saturated heterocycles. The van der Waals surface area contributed by atoms with Gasteiger partial charge in [-0.1, -0.05) is 18.2 Å². The number of aromatic nitrogens is 1. The van der Waals surface area contributed by atoms with E-state index in [0.29, 0.717) is 18.7 Å². The lowest BCUT2D eigenvalue weighted by atomic mass is 10.1. The van der Waals surface area contributed by atoms with Crippen LogP contribution in [0.25, 0.3) is 0 Å². The van der Waals surface area contributed by atoms with E-state index in [4.69, 9.17) is 0 Å². The van der Waals surface area contributed by atoms with E-state index in [1.54, 1.807) is 21.9 Å². The average molecular weight is 496 g/mol. The van der Waals surface area contributed by atoms with Crippen LogP contribution in [-0.2, 0) is 33.6 Å². The predicted octanol–water partition coefficient (Wildman–Crippen LogP) is 3.01. The van der Waals surface area contributed by atoms with Crippen LogP contribution in [0.5, 0.6) is 0 Å². The van der Waals surface area contributed by atoms with Gasteiger partial charge in [-0.3, -0.25) is 9.69 Å². The Hall–Kier alpha value is -2.92. The van der Waals surface area contributed by atoms with Crippen molar-refractivity contribution in [2.45, 2.75) is 29.3 Å². The molecule has 11 heteroatoms. The number of carboxylic acids is 1. The average Bonchev–Trinajstić information content (AvgIpc) is 3.24. The van der Waals surface area contributed by atoms with Crippen LogP contribution in [0.1, 0.15) is 16.7 Å². The van der Waals surface area contributed by atoms with E-state index in [0.717, 1.165) is 23.9 Å². The Morgan fingerprint density at radius 1 is 1.18 bits per heavy atom. The summed E-state index contributed by atoms with van der Waals surface area (Å²) in [6.07, 6.45) is -1.58. The molecule has 0 radical (unpaired) electrons. The number of alkyl halides is 3. The standard InChI is InChI=1S/C23H24F3N3O4S/c1-2-21(34(32,33)19-5-3-4-15-12-16(22(30)31)13-18(15)19)29-10-8-28(9-11-29)20-14-17(6-7-27-20)23(24,25)26/h2-7,14,16,21H,1,8-13H2,(H,30,31). The largest absolute Gasteiger partial charge is 0.481 e. The molecule has 1 aromatic heterocycles. The van der Waals surface area contributed by atoms with Crippen LogP contribution in [0.15, 0.2) is 54.1 Å². The van der Waals surface area contributed by atoms with Crippen LogP contribution in [0.3, 0.4) is 0 Å². The van der Waals surface area contributed by atoms with Crippen LogP contribution < -0.4 is 4.90 Å². The van der Waals surface area contributed by atoms with E-state index in [-0.39, 0.29) is 36.6 Å². The van der Waals surface area contributed by atoms with E-state index < -0.39 is 38.8 Å². The Morgan fingerprint density at radius 3 is 2.50 bits per heavy atom. The fourth-order valence-electron chi connectivity index (χ4n) is 4.63. The highest BCUT2D eigenvalue weighted by Crippen LogP contribution is 2.35. The summed E-state index contributed by atoms with van der Waals surface area (Å²) in [4.78, 5) is 19.0. The minimum Gasteiger partial charge on any atom is -0.481 e. The molecule has 0 amide bonds. The number of rotatable bonds is 6. The van der Waals surface area contributed by atoms with Crippen LogP contribution >= 0.6 is 0 Å². The molecule has 2 atom stereocenters. The number of benzene rings is 1. The molecule has 1 fully saturated rings. The number of carbonyl (C=O) groups is 1. The zero-order valence-electron chi connectivity index (χ0n) is 18.2. The van der Waals surface area contributed by atoms with Crippen LogP contribution in [0, 0.1) is 5.92 Å². The molecule has 182 valence electrons. The Morgan fingerprint density at radius 2 is 1.88 bits per heavy atom. The molecule has 0 bridgehead atoms. The molecule has 2 unspecified atom stereocenters. The molecule has 1 aromatic carbocycles. The number of pyridine rings is 1. The molecular formula is C23H24F3N3O4S. The van der Waals surface area contributed by atoms with Crippen molar-refractivity contribution in [1.29, 1.82) is 0 Å². The highest BCUT2D eigenvalue weighted by Gasteiger charge is 2.38. The number of hydrogen-bond acceptors (Lipinski definition) is 6. The second kappa shape index (κ2) is 9.03. The van der Waals surface area contributed by atoms with E-state index in [2.05, 4.69) is 11.6 Å². The van der Waals surface area contributed by atoms with Crippen molar-refractivity contribution >= 4 is 21.6 Å². The second-order valence-corrected chi connectivity index (χ2v) is 10.4. The summed E-state index contributed by atoms with van der Waals surface area (Å²) in [6.45, 7) is 4.86. The molecular weight excluding hydrogens is 471 g/mol. The molecule has 1 aliphatic heterocycles. The molecule has 0 saturated carbocycles. The van der Waals surface area contributed by atoms with Crippen molar-refractivity contribution in [1.82, 2.24) is 9.88 Å². The summed E-state index contributed by atoms with van der Waals surface area (Å²) in [5.41, 5.74) is 0.467. The lowest BCUT2D eigenvalue weighted by Gasteiger charge is -2.38. The molecule has 2 aliphatic rings. The summed E-state index contributed by atoms with van der Waals surface area (Å²) < 4.78 is 66.3. The molecule has 34 heavy (non-hydrogen) atoms. The SMILES string of the molecule is C=CC(N1CCN(c2cc(C(F)(F)F)ccn2)CC1)S(=O)(=O)c1cccc2c1CC(C(=O)O)C2. The number of aliphatic carboxylic acids is 1. The summed E-state index contributed by atoms with van der Waals surface area (Å²) in [5, 5.41) is 8.33. The molecule has 4 rings (SSSR count). The highest BCUT2D eigenvalue weighted by molar-refractivity contribution is 7.92. The van der Waals surface area contributed by atoms with E-state index in [1.807, 2.05) is 0 Å². The zero-order chi connectivity index (χ0) is 24.7. The van der Waals surface area contributed by atoms with E-state index in [9.17, 15) is 31.5 Å². The van der Waals surface area contributed by atoms with Crippen LogP contribution in [0.2, 0.25) is 0 Å². The second-order valence-electron chi connectivity index (χ2n) is 8.43. The Bertz CT molecular complexity index is 1210. The maximum Gasteiger partial charge on any atom is 0.416 e. The third-order valence-corrected chi connectivity index (χ3v) is 8.52. The van der Waals surface area contributed by atoms with Gasteiger partial charge in [0.25, 0.3) is 0 Å². The number of nitrogens with zero attached hydrogens (tertiary/aromatic N) is 3. The minimum atomic E-state index is -4.48. The molecule has 1 aliphatic carbocycles. The lowest BCUT2D eigenvalue weighted by molar-refractivity contribution is -0.141. The van der Waals surface area contributed by atoms with Gasteiger partial charge in [-0.15, -0.1) is 6.58 Å². The zero-order valence-corrected chi connectivity index (χ0v) is 19.0. The van der Waals surface area contributed by atoms with Crippen molar-refractivity contribution in [2.24, 2.45) is 5.92 Å². The van der Waals surface area contributed by atoms with Crippen molar-refractivity contribution in [3.8, 4) is 0 Å². The Balaban J connectivity index is 1.53. The maximum absolute atomic E-state index is 13.6. The van der Waals surface area contributed by atoms with Crippen molar-refractivity contribution in [3.05, 3.63) is 65.9 Å². The predicted molar refractivity (Wildman–Crippen MR) is 119 cm³/mol. The first-order chi connectivity index (χ1) is 16.0. The van der Waals surface area contributed by atoms with E-state index >= 15 is 0 Å². The molecule has 0 spiro atoms. The summed E-state index contributed by atoms with van der Waals surface area (Å²) >= 11 is 0. The van der Waals surface area contributed by atoms with Gasteiger partial charge < -0.3 is 10.0 Å². The minimum absolute atomic E-state index is 0.112. The summed E-state index contributed by atoms with van der Waals surface area (Å²) in [6, 6.07) is 6.77. The van der Waals surface area contributed by atoms with Crippen LogP contribution in [0.4, 0.5) is 19.0 Å². The number of anilines is 1. The normalized spacial score (nSPS) is 20.1. The van der Waals surface area contributed by atoms with E-state index in [1.165, 1.54) is 12.1 Å². The number of hydrogen-bond donors (Lipinski definition) is 1. The topological polar surface area (TPSA) is 90.8 Å². The quantitative estimate of drug-likeness (QED) is 0.616. The number of carboxylic acid groups (broad SMARTS) is 1. The number of sulfone groups is 1. The van der Waals surface area contributed by atoms with Gasteiger partial charge in [-0.05, 0) is 42.2 Å². The smallest absolute Gasteiger partial charge is 0.416 e. The van der Waals surface area contributed by atoms with Crippen molar-refractivity contribution in [2.75, 3.05) is 31.1 Å². The maximum atomic E-state index is 13.6. The van der Waals surface area contributed by atoms with Gasteiger partial charge in [0.2, 0.25) is 0 Å². The third-order valence-electron chi connectivity index (χ3n) is 6.39. The van der Waals surface area contributed by atoms with Gasteiger partial charge in [0.05, 0.1) is 16.4 Å². The van der Waals surface area contributed by atoms with Gasteiger partial charge in [0.1, 0.15) is 11.2 Å². The number of piperazine rings is 1. The Labute approximate surface area is 195 Å². The fraction of sp³-hybridized carbons (Fsp3) is 0.391. The number of fused-ring (bicyclic) bond motifs is 1. The van der Waals surface area contributed by atoms with Gasteiger partial charge in [0.15, 0.2) is 9.84 Å². The third kappa shape index (κ3) is 4.54. The van der Waals surface area contributed by atoms with Gasteiger partial charge in [-0.2, -0.15) is 13.2 Å². The lowest BCUT2D eigenvalue weighted by Crippen LogP contribution is -2.52.